The molecular weight excluding hydrogens is 276 g/mol. The molecule has 0 unspecified atom stereocenters. The Morgan fingerprint density at radius 1 is 1.30 bits per heavy atom. The fraction of sp³-hybridized carbons (Fsp3) is 0.769. The zero-order valence-electron chi connectivity index (χ0n) is 13.0. The van der Waals surface area contributed by atoms with E-state index in [0.29, 0.717) is 11.7 Å². The number of carbonyl (C=O) groups is 1. The molecule has 0 aliphatic carbocycles. The SMILES string of the molecule is CCN(CC(C)(C)O)C(=O)Nc1nnc(C(C)(C)C)s1. The molecule has 0 aliphatic rings. The Hall–Kier alpha value is -1.21. The fourth-order valence-electron chi connectivity index (χ4n) is 1.54. The first kappa shape index (κ1) is 16.8. The number of hydrogen-bond acceptors (Lipinski definition) is 5. The zero-order valence-corrected chi connectivity index (χ0v) is 13.8. The summed E-state index contributed by atoms with van der Waals surface area (Å²) in [5, 5.41) is 22.0. The lowest BCUT2D eigenvalue weighted by Gasteiger charge is -2.27. The second kappa shape index (κ2) is 6.05. The Bertz CT molecular complexity index is 460. The third-order valence-electron chi connectivity index (χ3n) is 2.53. The summed E-state index contributed by atoms with van der Waals surface area (Å²) in [4.78, 5) is 13.7. The van der Waals surface area contributed by atoms with Gasteiger partial charge in [-0.2, -0.15) is 0 Å². The molecule has 0 aromatic carbocycles. The van der Waals surface area contributed by atoms with Crippen molar-refractivity contribution in [3.05, 3.63) is 5.01 Å². The fourth-order valence-corrected chi connectivity index (χ4v) is 2.33. The first-order chi connectivity index (χ1) is 9.03. The number of nitrogens with one attached hydrogen (secondary N) is 1. The van der Waals surface area contributed by atoms with Crippen molar-refractivity contribution in [2.75, 3.05) is 18.4 Å². The van der Waals surface area contributed by atoms with E-state index >= 15 is 0 Å². The summed E-state index contributed by atoms with van der Waals surface area (Å²) < 4.78 is 0. The molecule has 2 amide bonds. The lowest BCUT2D eigenvalue weighted by atomic mass is 9.98. The summed E-state index contributed by atoms with van der Waals surface area (Å²) in [6.45, 7) is 12.1. The van der Waals surface area contributed by atoms with E-state index in [4.69, 9.17) is 0 Å². The van der Waals surface area contributed by atoms with E-state index in [1.54, 1.807) is 13.8 Å². The van der Waals surface area contributed by atoms with Gasteiger partial charge in [0.2, 0.25) is 5.13 Å². The smallest absolute Gasteiger partial charge is 0.323 e. The van der Waals surface area contributed by atoms with Gasteiger partial charge in [0, 0.05) is 12.0 Å². The third kappa shape index (κ3) is 5.05. The molecule has 0 radical (unpaired) electrons. The van der Waals surface area contributed by atoms with Gasteiger partial charge in [0.05, 0.1) is 12.1 Å². The molecule has 7 heteroatoms. The molecule has 1 heterocycles. The van der Waals surface area contributed by atoms with Crippen molar-refractivity contribution < 1.29 is 9.90 Å². The number of amides is 2. The summed E-state index contributed by atoms with van der Waals surface area (Å²) in [6, 6.07) is -0.272. The largest absolute Gasteiger partial charge is 0.389 e. The minimum absolute atomic E-state index is 0.0851. The van der Waals surface area contributed by atoms with Crippen LogP contribution < -0.4 is 5.32 Å². The lowest BCUT2D eigenvalue weighted by molar-refractivity contribution is 0.0501. The van der Waals surface area contributed by atoms with Gasteiger partial charge in [0.25, 0.3) is 0 Å². The number of urea groups is 1. The standard InChI is InChI=1S/C13H24N4O2S/c1-7-17(8-13(5,6)19)11(18)14-10-16-15-9(20-10)12(2,3)4/h19H,7-8H2,1-6H3,(H,14,16,18). The van der Waals surface area contributed by atoms with Crippen LogP contribution in [0.1, 0.15) is 46.6 Å². The number of anilines is 1. The molecule has 0 saturated heterocycles. The third-order valence-corrected chi connectivity index (χ3v) is 3.79. The molecule has 114 valence electrons. The minimum Gasteiger partial charge on any atom is -0.389 e. The summed E-state index contributed by atoms with van der Waals surface area (Å²) in [5.41, 5.74) is -1.01. The second-order valence-corrected chi connectivity index (χ2v) is 7.40. The molecule has 0 aliphatic heterocycles. The molecule has 6 nitrogen and oxygen atoms in total. The molecule has 1 aromatic rings. The Morgan fingerprint density at radius 2 is 1.90 bits per heavy atom. The molecular formula is C13H24N4O2S. The molecule has 0 bridgehead atoms. The van der Waals surface area contributed by atoms with Crippen molar-refractivity contribution in [3.8, 4) is 0 Å². The van der Waals surface area contributed by atoms with E-state index in [1.807, 2.05) is 27.7 Å². The van der Waals surface area contributed by atoms with Crippen LogP contribution >= 0.6 is 11.3 Å². The Labute approximate surface area is 124 Å². The van der Waals surface area contributed by atoms with Gasteiger partial charge in [0.15, 0.2) is 0 Å². The van der Waals surface area contributed by atoms with Crippen molar-refractivity contribution in [1.82, 2.24) is 15.1 Å². The monoisotopic (exact) mass is 300 g/mol. The highest BCUT2D eigenvalue weighted by Crippen LogP contribution is 2.27. The van der Waals surface area contributed by atoms with Crippen molar-refractivity contribution in [1.29, 1.82) is 0 Å². The minimum atomic E-state index is -0.926. The van der Waals surface area contributed by atoms with E-state index in [2.05, 4.69) is 15.5 Å². The van der Waals surface area contributed by atoms with Crippen LogP contribution in [-0.2, 0) is 5.41 Å². The first-order valence-electron chi connectivity index (χ1n) is 6.65. The number of carbonyl (C=O) groups excluding carboxylic acids is 1. The van der Waals surface area contributed by atoms with Crippen LogP contribution in [0.15, 0.2) is 0 Å². The highest BCUT2D eigenvalue weighted by atomic mass is 32.1. The predicted molar refractivity (Wildman–Crippen MR) is 81.2 cm³/mol. The molecule has 1 aromatic heterocycles. The van der Waals surface area contributed by atoms with Crippen LogP contribution in [0.3, 0.4) is 0 Å². The van der Waals surface area contributed by atoms with Gasteiger partial charge in [-0.3, -0.25) is 5.32 Å². The molecule has 0 saturated carbocycles. The Morgan fingerprint density at radius 3 is 2.30 bits per heavy atom. The van der Waals surface area contributed by atoms with Crippen molar-refractivity contribution in [2.24, 2.45) is 0 Å². The number of likely N-dealkylation sites (N-methyl/N-ethyl adjacent to an activating group) is 1. The van der Waals surface area contributed by atoms with Crippen LogP contribution in [0.5, 0.6) is 0 Å². The number of aliphatic hydroxyl groups is 1. The molecule has 1 rings (SSSR count). The number of hydrogen-bond donors (Lipinski definition) is 2. The zero-order chi connectivity index (χ0) is 15.6. The highest BCUT2D eigenvalue weighted by molar-refractivity contribution is 7.15. The average Bonchev–Trinajstić information content (AvgIpc) is 2.72. The van der Waals surface area contributed by atoms with E-state index < -0.39 is 5.60 Å². The van der Waals surface area contributed by atoms with Crippen LogP contribution in [0.2, 0.25) is 0 Å². The maximum Gasteiger partial charge on any atom is 0.323 e. The average molecular weight is 300 g/mol. The van der Waals surface area contributed by atoms with Gasteiger partial charge < -0.3 is 10.0 Å². The molecule has 0 fully saturated rings. The van der Waals surface area contributed by atoms with E-state index in [9.17, 15) is 9.90 Å². The number of rotatable bonds is 4. The van der Waals surface area contributed by atoms with Crippen LogP contribution in [-0.4, -0.2) is 44.9 Å². The topological polar surface area (TPSA) is 78.4 Å². The Kier molecular flexibility index (Phi) is 5.10. The van der Waals surface area contributed by atoms with Crippen molar-refractivity contribution in [3.63, 3.8) is 0 Å². The Balaban J connectivity index is 2.72. The number of aromatic nitrogens is 2. The van der Waals surface area contributed by atoms with E-state index in [0.717, 1.165) is 5.01 Å². The molecule has 0 atom stereocenters. The number of nitrogens with zero attached hydrogens (tertiary/aromatic N) is 3. The summed E-state index contributed by atoms with van der Waals surface area (Å²) in [7, 11) is 0. The van der Waals surface area contributed by atoms with Gasteiger partial charge in [0.1, 0.15) is 5.01 Å². The summed E-state index contributed by atoms with van der Waals surface area (Å²) in [5.74, 6) is 0. The van der Waals surface area contributed by atoms with Crippen molar-refractivity contribution >= 4 is 22.5 Å². The van der Waals surface area contributed by atoms with Gasteiger partial charge in [-0.25, -0.2) is 4.79 Å². The normalized spacial score (nSPS) is 12.3. The van der Waals surface area contributed by atoms with Gasteiger partial charge >= 0.3 is 6.03 Å². The van der Waals surface area contributed by atoms with E-state index in [-0.39, 0.29) is 18.0 Å². The van der Waals surface area contributed by atoms with Crippen LogP contribution in [0, 0.1) is 0 Å². The van der Waals surface area contributed by atoms with Crippen LogP contribution in [0.4, 0.5) is 9.93 Å². The summed E-state index contributed by atoms with van der Waals surface area (Å²) in [6.07, 6.45) is 0. The van der Waals surface area contributed by atoms with Crippen molar-refractivity contribution in [2.45, 2.75) is 52.6 Å². The molecule has 2 N–H and O–H groups in total. The quantitative estimate of drug-likeness (QED) is 0.895. The lowest BCUT2D eigenvalue weighted by Crippen LogP contribution is -2.44. The first-order valence-corrected chi connectivity index (χ1v) is 7.47. The predicted octanol–water partition coefficient (Wildman–Crippen LogP) is 2.46. The van der Waals surface area contributed by atoms with Crippen LogP contribution in [0.25, 0.3) is 0 Å². The highest BCUT2D eigenvalue weighted by Gasteiger charge is 2.23. The maximum atomic E-state index is 12.1. The van der Waals surface area contributed by atoms with E-state index in [1.165, 1.54) is 16.2 Å². The molecule has 20 heavy (non-hydrogen) atoms. The molecule has 0 spiro atoms. The second-order valence-electron chi connectivity index (χ2n) is 6.42. The summed E-state index contributed by atoms with van der Waals surface area (Å²) >= 11 is 1.37. The van der Waals surface area contributed by atoms with Gasteiger partial charge in [-0.1, -0.05) is 32.1 Å². The van der Waals surface area contributed by atoms with Gasteiger partial charge in [-0.05, 0) is 20.8 Å². The van der Waals surface area contributed by atoms with Gasteiger partial charge in [-0.15, -0.1) is 10.2 Å². The maximum absolute atomic E-state index is 12.1.